The number of oxazole rings is 1. The van der Waals surface area contributed by atoms with Gasteiger partial charge < -0.3 is 9.73 Å². The van der Waals surface area contributed by atoms with Gasteiger partial charge in [-0.1, -0.05) is 41.9 Å². The molecule has 0 amide bonds. The van der Waals surface area contributed by atoms with E-state index in [2.05, 4.69) is 32.9 Å². The van der Waals surface area contributed by atoms with Gasteiger partial charge in [0.2, 0.25) is 26.6 Å². The van der Waals surface area contributed by atoms with Crippen molar-refractivity contribution in [3.63, 3.8) is 0 Å². The van der Waals surface area contributed by atoms with Crippen molar-refractivity contribution in [1.29, 1.82) is 0 Å². The predicted molar refractivity (Wildman–Crippen MR) is 125 cm³/mol. The van der Waals surface area contributed by atoms with E-state index in [1.807, 2.05) is 54.6 Å². The quantitative estimate of drug-likeness (QED) is 0.296. The molecule has 4 rings (SSSR count). The van der Waals surface area contributed by atoms with Gasteiger partial charge in [0.25, 0.3) is 0 Å². The largest absolute Gasteiger partial charge is 0.419 e. The topological polar surface area (TPSA) is 72.2 Å². The molecule has 4 aromatic rings. The van der Waals surface area contributed by atoms with Crippen molar-refractivity contribution < 1.29 is 12.8 Å². The Balaban J connectivity index is 1.76. The van der Waals surface area contributed by atoms with E-state index in [9.17, 15) is 8.42 Å². The summed E-state index contributed by atoms with van der Waals surface area (Å²) < 4.78 is 33.5. The molecule has 8 heteroatoms. The molecule has 1 aromatic heterocycles. The zero-order valence-corrected chi connectivity index (χ0v) is 19.3. The van der Waals surface area contributed by atoms with E-state index in [0.717, 1.165) is 9.13 Å². The number of sulfone groups is 1. The highest BCUT2D eigenvalue weighted by Gasteiger charge is 2.28. The molecule has 30 heavy (non-hydrogen) atoms. The van der Waals surface area contributed by atoms with Crippen LogP contribution in [0.15, 0.2) is 93.2 Å². The van der Waals surface area contributed by atoms with Crippen LogP contribution in [0.3, 0.4) is 0 Å². The van der Waals surface area contributed by atoms with Crippen LogP contribution in [0.4, 0.5) is 5.88 Å². The van der Waals surface area contributed by atoms with Crippen LogP contribution in [-0.2, 0) is 16.4 Å². The maximum Gasteiger partial charge on any atom is 0.234 e. The van der Waals surface area contributed by atoms with Gasteiger partial charge in [0, 0.05) is 20.7 Å². The van der Waals surface area contributed by atoms with Crippen molar-refractivity contribution in [3.8, 4) is 11.5 Å². The molecule has 0 aliphatic heterocycles. The maximum absolute atomic E-state index is 13.3. The number of hydrogen-bond acceptors (Lipinski definition) is 5. The van der Waals surface area contributed by atoms with E-state index in [1.54, 1.807) is 0 Å². The van der Waals surface area contributed by atoms with Gasteiger partial charge in [-0.2, -0.15) is 4.98 Å². The smallest absolute Gasteiger partial charge is 0.234 e. The second-order valence-electron chi connectivity index (χ2n) is 6.46. The van der Waals surface area contributed by atoms with Crippen molar-refractivity contribution in [1.82, 2.24) is 4.98 Å². The zero-order valence-electron chi connectivity index (χ0n) is 15.5. The van der Waals surface area contributed by atoms with E-state index in [1.165, 1.54) is 24.3 Å². The van der Waals surface area contributed by atoms with Crippen molar-refractivity contribution in [3.05, 3.63) is 93.0 Å². The summed E-state index contributed by atoms with van der Waals surface area (Å²) in [4.78, 5) is 4.43. The second-order valence-corrected chi connectivity index (χ2v) is 10.0. The average Bonchev–Trinajstić information content (AvgIpc) is 3.19. The van der Waals surface area contributed by atoms with Gasteiger partial charge in [0.1, 0.15) is 0 Å². The third-order valence-corrected chi connectivity index (χ3v) is 7.01. The molecule has 0 saturated heterocycles. The molecule has 0 bridgehead atoms. The van der Waals surface area contributed by atoms with Crippen LogP contribution in [0.2, 0.25) is 5.02 Å². The van der Waals surface area contributed by atoms with Crippen LogP contribution >= 0.6 is 34.2 Å². The van der Waals surface area contributed by atoms with Gasteiger partial charge in [-0.25, -0.2) is 8.42 Å². The van der Waals surface area contributed by atoms with Crippen LogP contribution in [0, 0.1) is 3.57 Å². The van der Waals surface area contributed by atoms with Crippen molar-refractivity contribution >= 4 is 49.9 Å². The normalized spacial score (nSPS) is 11.4. The van der Waals surface area contributed by atoms with Gasteiger partial charge in [0.05, 0.1) is 4.90 Å². The highest BCUT2D eigenvalue weighted by atomic mass is 127. The lowest BCUT2D eigenvalue weighted by Crippen LogP contribution is -2.07. The minimum Gasteiger partial charge on any atom is -0.419 e. The molecule has 0 fully saturated rings. The van der Waals surface area contributed by atoms with E-state index in [0.29, 0.717) is 17.1 Å². The summed E-state index contributed by atoms with van der Waals surface area (Å²) in [6.07, 6.45) is 0. The van der Waals surface area contributed by atoms with Gasteiger partial charge in [-0.15, -0.1) is 0 Å². The zero-order chi connectivity index (χ0) is 21.1. The van der Waals surface area contributed by atoms with Gasteiger partial charge >= 0.3 is 0 Å². The molecule has 152 valence electrons. The monoisotopic (exact) mass is 550 g/mol. The highest BCUT2D eigenvalue weighted by molar-refractivity contribution is 14.1. The molecule has 0 spiro atoms. The minimum atomic E-state index is -3.91. The summed E-state index contributed by atoms with van der Waals surface area (Å²) in [6.45, 7) is 0.394. The lowest BCUT2D eigenvalue weighted by molar-refractivity contribution is 0.576. The number of nitrogens with one attached hydrogen (secondary N) is 1. The number of anilines is 1. The summed E-state index contributed by atoms with van der Waals surface area (Å²) in [5.74, 6) is 0.330. The molecule has 3 aromatic carbocycles. The first kappa shape index (κ1) is 20.9. The van der Waals surface area contributed by atoms with Crippen LogP contribution in [0.5, 0.6) is 0 Å². The van der Waals surface area contributed by atoms with E-state index < -0.39 is 9.84 Å². The first-order chi connectivity index (χ1) is 14.4. The Labute approximate surface area is 193 Å². The molecule has 0 unspecified atom stereocenters. The Bertz CT molecular complexity index is 1260. The van der Waals surface area contributed by atoms with Crippen molar-refractivity contribution in [2.24, 2.45) is 0 Å². The Morgan fingerprint density at radius 1 is 0.933 bits per heavy atom. The lowest BCUT2D eigenvalue weighted by atomic mass is 10.2. The number of halogens is 2. The predicted octanol–water partition coefficient (Wildman–Crippen LogP) is 6.04. The molecule has 0 radical (unpaired) electrons. The average molecular weight is 551 g/mol. The Morgan fingerprint density at radius 2 is 1.60 bits per heavy atom. The van der Waals surface area contributed by atoms with Crippen LogP contribution < -0.4 is 5.32 Å². The molecule has 0 atom stereocenters. The summed E-state index contributed by atoms with van der Waals surface area (Å²) in [7, 11) is -3.91. The SMILES string of the molecule is O=S(=O)(c1ccc(Cl)cc1)c1nc(-c2ccc(I)cc2)oc1NCc1ccccc1. The molecule has 0 aliphatic rings. The third kappa shape index (κ3) is 4.53. The van der Waals surface area contributed by atoms with Gasteiger partial charge in [-0.05, 0) is 76.7 Å². The summed E-state index contributed by atoms with van der Waals surface area (Å²) in [5, 5.41) is 3.38. The lowest BCUT2D eigenvalue weighted by Gasteiger charge is -2.06. The Hall–Kier alpha value is -2.36. The first-order valence-corrected chi connectivity index (χ1v) is 11.9. The van der Waals surface area contributed by atoms with Crippen molar-refractivity contribution in [2.45, 2.75) is 16.5 Å². The number of aromatic nitrogens is 1. The van der Waals surface area contributed by atoms with Crippen LogP contribution in [-0.4, -0.2) is 13.4 Å². The van der Waals surface area contributed by atoms with Crippen molar-refractivity contribution in [2.75, 3.05) is 5.32 Å². The molecule has 1 N–H and O–H groups in total. The fraction of sp³-hybridized carbons (Fsp3) is 0.0455. The first-order valence-electron chi connectivity index (χ1n) is 8.99. The molecular weight excluding hydrogens is 535 g/mol. The minimum absolute atomic E-state index is 0.0946. The van der Waals surface area contributed by atoms with Crippen LogP contribution in [0.1, 0.15) is 5.56 Å². The van der Waals surface area contributed by atoms with E-state index in [4.69, 9.17) is 16.0 Å². The van der Waals surface area contributed by atoms with Gasteiger partial charge in [0.15, 0.2) is 0 Å². The molecule has 1 heterocycles. The number of benzene rings is 3. The maximum atomic E-state index is 13.3. The summed E-state index contributed by atoms with van der Waals surface area (Å²) in [5.41, 5.74) is 1.68. The Morgan fingerprint density at radius 3 is 2.27 bits per heavy atom. The number of hydrogen-bond donors (Lipinski definition) is 1. The third-order valence-electron chi connectivity index (χ3n) is 4.36. The summed E-state index contributed by atoms with van der Waals surface area (Å²) in [6, 6.07) is 23.1. The highest BCUT2D eigenvalue weighted by Crippen LogP contribution is 2.33. The molecule has 0 aliphatic carbocycles. The number of nitrogens with zero attached hydrogens (tertiary/aromatic N) is 1. The van der Waals surface area contributed by atoms with E-state index >= 15 is 0 Å². The standard InChI is InChI=1S/C22H16ClIN2O3S/c23-17-8-12-19(13-9-17)30(27,28)22-21(25-14-15-4-2-1-3-5-15)29-20(26-22)16-6-10-18(24)11-7-16/h1-13,25H,14H2. The Kier molecular flexibility index (Phi) is 6.12. The van der Waals surface area contributed by atoms with Crippen LogP contribution in [0.25, 0.3) is 11.5 Å². The van der Waals surface area contributed by atoms with E-state index in [-0.39, 0.29) is 21.7 Å². The number of rotatable bonds is 6. The molecular formula is C22H16ClIN2O3S. The molecule has 0 saturated carbocycles. The summed E-state index contributed by atoms with van der Waals surface area (Å²) >= 11 is 8.11. The molecule has 5 nitrogen and oxygen atoms in total. The van der Waals surface area contributed by atoms with Gasteiger partial charge in [-0.3, -0.25) is 0 Å². The fourth-order valence-electron chi connectivity index (χ4n) is 2.82. The fourth-order valence-corrected chi connectivity index (χ4v) is 4.58. The second kappa shape index (κ2) is 8.79.